The highest BCUT2D eigenvalue weighted by molar-refractivity contribution is 5.90. The van der Waals surface area contributed by atoms with Crippen molar-refractivity contribution in [3.05, 3.63) is 33.6 Å². The lowest BCUT2D eigenvalue weighted by Gasteiger charge is -1.89. The van der Waals surface area contributed by atoms with Gasteiger partial charge in [-0.3, -0.25) is 10.1 Å². The fraction of sp³-hybridized carbons (Fsp3) is 0.125. The highest BCUT2D eigenvalue weighted by Crippen LogP contribution is 2.17. The Balaban J connectivity index is 2.93. The molecule has 0 bridgehead atoms. The molecule has 0 aliphatic rings. The third-order valence-corrected chi connectivity index (χ3v) is 1.49. The molecule has 6 nitrogen and oxygen atoms in total. The van der Waals surface area contributed by atoms with Crippen LogP contribution in [0.5, 0.6) is 0 Å². The number of rotatable bonds is 3. The highest BCUT2D eigenvalue weighted by atomic mass is 16.6. The summed E-state index contributed by atoms with van der Waals surface area (Å²) in [6.45, 7) is 1.37. The van der Waals surface area contributed by atoms with Crippen molar-refractivity contribution in [2.45, 2.75) is 6.92 Å². The average molecular weight is 197 g/mol. The molecule has 0 saturated carbocycles. The van der Waals surface area contributed by atoms with Crippen LogP contribution < -0.4 is 0 Å². The van der Waals surface area contributed by atoms with Gasteiger partial charge in [-0.05, 0) is 19.1 Å². The molecule has 0 aliphatic heterocycles. The van der Waals surface area contributed by atoms with Gasteiger partial charge in [-0.15, -0.1) is 0 Å². The van der Waals surface area contributed by atoms with Crippen LogP contribution in [0.2, 0.25) is 0 Å². The minimum Gasteiger partial charge on any atom is -0.478 e. The minimum atomic E-state index is -1.09. The number of aliphatic carboxylic acids is 1. The quantitative estimate of drug-likeness (QED) is 0.452. The first kappa shape index (κ1) is 9.97. The van der Waals surface area contributed by atoms with Crippen LogP contribution in [0.1, 0.15) is 12.7 Å². The lowest BCUT2D eigenvalue weighted by molar-refractivity contribution is -0.402. The fourth-order valence-corrected chi connectivity index (χ4v) is 0.793. The SMILES string of the molecule is C/C(=C\c1ccc([N+](=O)[O-])o1)C(=O)O. The standard InChI is InChI=1S/C8H7NO5/c1-5(8(10)11)4-6-2-3-7(14-6)9(12)13/h2-4H,1H3,(H,10,11)/b5-4+. The van der Waals surface area contributed by atoms with Crippen LogP contribution in [0.4, 0.5) is 5.88 Å². The van der Waals surface area contributed by atoms with Gasteiger partial charge in [-0.2, -0.15) is 0 Å². The molecule has 0 aromatic carbocycles. The van der Waals surface area contributed by atoms with Crippen molar-refractivity contribution in [1.29, 1.82) is 0 Å². The third kappa shape index (κ3) is 2.19. The van der Waals surface area contributed by atoms with Crippen LogP contribution in [0, 0.1) is 10.1 Å². The van der Waals surface area contributed by atoms with Gasteiger partial charge in [0, 0.05) is 5.57 Å². The van der Waals surface area contributed by atoms with Gasteiger partial charge in [0.2, 0.25) is 0 Å². The number of nitrogens with zero attached hydrogens (tertiary/aromatic N) is 1. The summed E-state index contributed by atoms with van der Waals surface area (Å²) in [5.74, 6) is -1.35. The van der Waals surface area contributed by atoms with Gasteiger partial charge in [0.25, 0.3) is 0 Å². The molecule has 0 spiro atoms. The predicted molar refractivity (Wildman–Crippen MR) is 46.6 cm³/mol. The summed E-state index contributed by atoms with van der Waals surface area (Å²) in [6.07, 6.45) is 1.22. The van der Waals surface area contributed by atoms with Crippen molar-refractivity contribution < 1.29 is 19.2 Å². The topological polar surface area (TPSA) is 93.6 Å². The highest BCUT2D eigenvalue weighted by Gasteiger charge is 2.11. The largest absolute Gasteiger partial charge is 0.478 e. The maximum atomic E-state index is 10.4. The second-order valence-electron chi connectivity index (χ2n) is 2.57. The first-order valence-corrected chi connectivity index (χ1v) is 3.66. The molecule has 0 aliphatic carbocycles. The van der Waals surface area contributed by atoms with E-state index in [4.69, 9.17) is 9.52 Å². The molecule has 0 radical (unpaired) electrons. The van der Waals surface area contributed by atoms with E-state index in [0.717, 1.165) is 0 Å². The monoisotopic (exact) mass is 197 g/mol. The summed E-state index contributed by atoms with van der Waals surface area (Å²) in [7, 11) is 0. The van der Waals surface area contributed by atoms with E-state index in [-0.39, 0.29) is 11.3 Å². The molecule has 0 amide bonds. The number of furan rings is 1. The Hall–Kier alpha value is -2.11. The number of hydrogen-bond acceptors (Lipinski definition) is 4. The van der Waals surface area contributed by atoms with Gasteiger partial charge < -0.3 is 9.52 Å². The van der Waals surface area contributed by atoms with Gasteiger partial charge in [0.15, 0.2) is 0 Å². The number of carboxylic acids is 1. The molecule has 1 aromatic heterocycles. The molecule has 0 saturated heterocycles. The van der Waals surface area contributed by atoms with E-state index in [1.807, 2.05) is 0 Å². The maximum Gasteiger partial charge on any atom is 0.433 e. The van der Waals surface area contributed by atoms with Crippen molar-refractivity contribution in [2.24, 2.45) is 0 Å². The summed E-state index contributed by atoms with van der Waals surface area (Å²) >= 11 is 0. The van der Waals surface area contributed by atoms with Crippen molar-refractivity contribution in [2.75, 3.05) is 0 Å². The maximum absolute atomic E-state index is 10.4. The van der Waals surface area contributed by atoms with E-state index in [9.17, 15) is 14.9 Å². The predicted octanol–water partition coefficient (Wildman–Crippen LogP) is 1.68. The van der Waals surface area contributed by atoms with E-state index in [2.05, 4.69) is 0 Å². The summed E-state index contributed by atoms with van der Waals surface area (Å²) < 4.78 is 4.73. The molecule has 74 valence electrons. The molecule has 0 unspecified atom stereocenters. The Morgan fingerprint density at radius 2 is 2.29 bits per heavy atom. The zero-order valence-corrected chi connectivity index (χ0v) is 7.26. The minimum absolute atomic E-state index is 0.0502. The fourth-order valence-electron chi connectivity index (χ4n) is 0.793. The van der Waals surface area contributed by atoms with E-state index in [1.165, 1.54) is 25.1 Å². The van der Waals surface area contributed by atoms with Gasteiger partial charge in [0.05, 0.1) is 6.07 Å². The number of nitro groups is 1. The van der Waals surface area contributed by atoms with Gasteiger partial charge in [-0.1, -0.05) is 0 Å². The molecular formula is C8H7NO5. The number of carboxylic acid groups (broad SMARTS) is 1. The lowest BCUT2D eigenvalue weighted by Crippen LogP contribution is -1.94. The lowest BCUT2D eigenvalue weighted by atomic mass is 10.2. The van der Waals surface area contributed by atoms with Gasteiger partial charge in [-0.25, -0.2) is 4.79 Å². The summed E-state index contributed by atoms with van der Waals surface area (Å²) in [4.78, 5) is 19.9. The molecular weight excluding hydrogens is 190 g/mol. The first-order chi connectivity index (χ1) is 6.50. The second-order valence-corrected chi connectivity index (χ2v) is 2.57. The Morgan fingerprint density at radius 1 is 1.64 bits per heavy atom. The zero-order valence-electron chi connectivity index (χ0n) is 7.26. The molecule has 14 heavy (non-hydrogen) atoms. The molecule has 6 heteroatoms. The van der Waals surface area contributed by atoms with Crippen molar-refractivity contribution in [3.63, 3.8) is 0 Å². The molecule has 1 heterocycles. The first-order valence-electron chi connectivity index (χ1n) is 3.66. The van der Waals surface area contributed by atoms with Crippen LogP contribution in [-0.4, -0.2) is 16.0 Å². The van der Waals surface area contributed by atoms with E-state index in [0.29, 0.717) is 0 Å². The third-order valence-electron chi connectivity index (χ3n) is 1.49. The van der Waals surface area contributed by atoms with Crippen LogP contribution in [0.25, 0.3) is 6.08 Å². The Labute approximate surface area is 78.6 Å². The normalized spacial score (nSPS) is 11.4. The van der Waals surface area contributed by atoms with Crippen LogP contribution >= 0.6 is 0 Å². The zero-order chi connectivity index (χ0) is 10.7. The van der Waals surface area contributed by atoms with Crippen molar-refractivity contribution in [3.8, 4) is 0 Å². The molecule has 1 aromatic rings. The van der Waals surface area contributed by atoms with Gasteiger partial charge in [0.1, 0.15) is 10.7 Å². The van der Waals surface area contributed by atoms with Crippen molar-refractivity contribution in [1.82, 2.24) is 0 Å². The van der Waals surface area contributed by atoms with E-state index in [1.54, 1.807) is 0 Å². The second kappa shape index (κ2) is 3.73. The molecule has 1 rings (SSSR count). The Kier molecular flexibility index (Phi) is 2.66. The Morgan fingerprint density at radius 3 is 2.71 bits per heavy atom. The average Bonchev–Trinajstić information content (AvgIpc) is 2.52. The van der Waals surface area contributed by atoms with Crippen LogP contribution in [0.15, 0.2) is 22.1 Å². The summed E-state index contributed by atoms with van der Waals surface area (Å²) in [6, 6.07) is 2.51. The Bertz CT molecular complexity index is 404. The molecule has 0 fully saturated rings. The van der Waals surface area contributed by atoms with Gasteiger partial charge >= 0.3 is 11.9 Å². The number of carbonyl (C=O) groups is 1. The summed E-state index contributed by atoms with van der Waals surface area (Å²) in [5, 5.41) is 18.7. The van der Waals surface area contributed by atoms with Crippen LogP contribution in [0.3, 0.4) is 0 Å². The van der Waals surface area contributed by atoms with Crippen molar-refractivity contribution >= 4 is 17.9 Å². The smallest absolute Gasteiger partial charge is 0.433 e. The van der Waals surface area contributed by atoms with Crippen LogP contribution in [-0.2, 0) is 4.79 Å². The molecule has 0 atom stereocenters. The van der Waals surface area contributed by atoms with E-state index >= 15 is 0 Å². The summed E-state index contributed by atoms with van der Waals surface area (Å²) in [5.41, 5.74) is 0.0502. The molecule has 1 N–H and O–H groups in total. The van der Waals surface area contributed by atoms with E-state index < -0.39 is 16.8 Å². The number of hydrogen-bond donors (Lipinski definition) is 1.